The summed E-state index contributed by atoms with van der Waals surface area (Å²) in [5.41, 5.74) is 2.26. The van der Waals surface area contributed by atoms with E-state index in [0.717, 1.165) is 24.4 Å². The summed E-state index contributed by atoms with van der Waals surface area (Å²) in [6.45, 7) is 5.33. The van der Waals surface area contributed by atoms with Crippen molar-refractivity contribution in [3.8, 4) is 0 Å². The molecular formula is C16H25NO. The zero-order chi connectivity index (χ0) is 13.1. The number of hydrogen-bond acceptors (Lipinski definition) is 2. The van der Waals surface area contributed by atoms with Crippen LogP contribution >= 0.6 is 0 Å². The van der Waals surface area contributed by atoms with Crippen LogP contribution in [-0.4, -0.2) is 29.6 Å². The largest absolute Gasteiger partial charge is 0.388 e. The van der Waals surface area contributed by atoms with Gasteiger partial charge in [0.15, 0.2) is 0 Å². The minimum Gasteiger partial charge on any atom is -0.388 e. The molecule has 2 heteroatoms. The monoisotopic (exact) mass is 247 g/mol. The molecule has 0 aliphatic heterocycles. The van der Waals surface area contributed by atoms with Gasteiger partial charge in [-0.05, 0) is 57.2 Å². The third kappa shape index (κ3) is 3.33. The van der Waals surface area contributed by atoms with Gasteiger partial charge in [-0.25, -0.2) is 0 Å². The molecule has 2 nitrogen and oxygen atoms in total. The SMILES string of the molecule is Cc1ccccc1C(O)CCN(C)C(C)C1CC1. The van der Waals surface area contributed by atoms with Crippen molar-refractivity contribution >= 4 is 0 Å². The first kappa shape index (κ1) is 13.6. The number of aliphatic hydroxyl groups is 1. The lowest BCUT2D eigenvalue weighted by atomic mass is 10.0. The molecule has 0 saturated heterocycles. The van der Waals surface area contributed by atoms with E-state index >= 15 is 0 Å². The molecule has 0 bridgehead atoms. The van der Waals surface area contributed by atoms with Gasteiger partial charge in [-0.15, -0.1) is 0 Å². The third-order valence-corrected chi connectivity index (χ3v) is 4.30. The highest BCUT2D eigenvalue weighted by Crippen LogP contribution is 2.34. The van der Waals surface area contributed by atoms with Gasteiger partial charge in [0.05, 0.1) is 6.10 Å². The molecule has 1 aromatic carbocycles. The minimum atomic E-state index is -0.333. The van der Waals surface area contributed by atoms with Crippen molar-refractivity contribution < 1.29 is 5.11 Å². The Bertz CT molecular complexity index is 386. The summed E-state index contributed by atoms with van der Waals surface area (Å²) < 4.78 is 0. The predicted octanol–water partition coefficient (Wildman–Crippen LogP) is 3.15. The highest BCUT2D eigenvalue weighted by atomic mass is 16.3. The first-order valence-corrected chi connectivity index (χ1v) is 7.03. The maximum atomic E-state index is 10.3. The highest BCUT2D eigenvalue weighted by molar-refractivity contribution is 5.27. The van der Waals surface area contributed by atoms with E-state index in [0.29, 0.717) is 6.04 Å². The topological polar surface area (TPSA) is 23.5 Å². The molecule has 1 aliphatic carbocycles. The van der Waals surface area contributed by atoms with Crippen molar-refractivity contribution in [2.45, 2.75) is 45.3 Å². The second kappa shape index (κ2) is 5.85. The fraction of sp³-hybridized carbons (Fsp3) is 0.625. The lowest BCUT2D eigenvalue weighted by Crippen LogP contribution is -2.32. The van der Waals surface area contributed by atoms with E-state index in [1.165, 1.54) is 18.4 Å². The Kier molecular flexibility index (Phi) is 4.41. The van der Waals surface area contributed by atoms with Crippen molar-refractivity contribution in [3.63, 3.8) is 0 Å². The van der Waals surface area contributed by atoms with E-state index in [4.69, 9.17) is 0 Å². The molecule has 1 saturated carbocycles. The number of hydrogen-bond donors (Lipinski definition) is 1. The quantitative estimate of drug-likeness (QED) is 0.834. The molecule has 0 heterocycles. The summed E-state index contributed by atoms with van der Waals surface area (Å²) in [5, 5.41) is 10.3. The van der Waals surface area contributed by atoms with Crippen molar-refractivity contribution in [3.05, 3.63) is 35.4 Å². The van der Waals surface area contributed by atoms with Gasteiger partial charge in [0.2, 0.25) is 0 Å². The first-order valence-electron chi connectivity index (χ1n) is 7.03. The fourth-order valence-corrected chi connectivity index (χ4v) is 2.58. The second-order valence-electron chi connectivity index (χ2n) is 5.72. The van der Waals surface area contributed by atoms with Crippen LogP contribution in [0.25, 0.3) is 0 Å². The van der Waals surface area contributed by atoms with E-state index in [2.05, 4.69) is 31.9 Å². The van der Waals surface area contributed by atoms with Gasteiger partial charge in [0, 0.05) is 12.6 Å². The van der Waals surface area contributed by atoms with Gasteiger partial charge >= 0.3 is 0 Å². The molecule has 2 unspecified atom stereocenters. The Morgan fingerprint density at radius 1 is 1.33 bits per heavy atom. The van der Waals surface area contributed by atoms with Crippen LogP contribution in [0.5, 0.6) is 0 Å². The van der Waals surface area contributed by atoms with Crippen molar-refractivity contribution in [1.82, 2.24) is 4.90 Å². The van der Waals surface area contributed by atoms with Crippen LogP contribution in [0.4, 0.5) is 0 Å². The Morgan fingerprint density at radius 2 is 2.00 bits per heavy atom. The number of rotatable bonds is 6. The van der Waals surface area contributed by atoms with Crippen LogP contribution in [-0.2, 0) is 0 Å². The van der Waals surface area contributed by atoms with E-state index in [1.807, 2.05) is 18.2 Å². The van der Waals surface area contributed by atoms with Crippen molar-refractivity contribution in [1.29, 1.82) is 0 Å². The molecule has 2 atom stereocenters. The molecule has 1 aliphatic rings. The summed E-state index contributed by atoms with van der Waals surface area (Å²) >= 11 is 0. The second-order valence-corrected chi connectivity index (χ2v) is 5.72. The maximum Gasteiger partial charge on any atom is 0.0804 e. The molecule has 1 aromatic rings. The average molecular weight is 247 g/mol. The number of nitrogens with zero attached hydrogens (tertiary/aromatic N) is 1. The molecule has 0 aromatic heterocycles. The third-order valence-electron chi connectivity index (χ3n) is 4.30. The fourth-order valence-electron chi connectivity index (χ4n) is 2.58. The predicted molar refractivity (Wildman–Crippen MR) is 75.6 cm³/mol. The minimum absolute atomic E-state index is 0.333. The van der Waals surface area contributed by atoms with Crippen LogP contribution in [0.15, 0.2) is 24.3 Å². The smallest absolute Gasteiger partial charge is 0.0804 e. The Balaban J connectivity index is 1.84. The first-order chi connectivity index (χ1) is 8.59. The van der Waals surface area contributed by atoms with Gasteiger partial charge in [-0.3, -0.25) is 0 Å². The Morgan fingerprint density at radius 3 is 2.61 bits per heavy atom. The van der Waals surface area contributed by atoms with Gasteiger partial charge in [-0.2, -0.15) is 0 Å². The summed E-state index contributed by atoms with van der Waals surface area (Å²) in [6.07, 6.45) is 3.25. The summed E-state index contributed by atoms with van der Waals surface area (Å²) in [7, 11) is 2.17. The molecule has 0 amide bonds. The van der Waals surface area contributed by atoms with Crippen LogP contribution < -0.4 is 0 Å². The summed E-state index contributed by atoms with van der Waals surface area (Å²) in [6, 6.07) is 8.78. The molecule has 2 rings (SSSR count). The van der Waals surface area contributed by atoms with E-state index in [1.54, 1.807) is 0 Å². The summed E-state index contributed by atoms with van der Waals surface area (Å²) in [4.78, 5) is 2.39. The van der Waals surface area contributed by atoms with Gasteiger partial charge in [-0.1, -0.05) is 24.3 Å². The van der Waals surface area contributed by atoms with Gasteiger partial charge < -0.3 is 10.0 Å². The molecule has 100 valence electrons. The van der Waals surface area contributed by atoms with Crippen LogP contribution in [0.1, 0.15) is 43.4 Å². The summed E-state index contributed by atoms with van der Waals surface area (Å²) in [5.74, 6) is 0.894. The number of aliphatic hydroxyl groups excluding tert-OH is 1. The zero-order valence-corrected chi connectivity index (χ0v) is 11.8. The van der Waals surface area contributed by atoms with E-state index < -0.39 is 0 Å². The van der Waals surface area contributed by atoms with E-state index in [-0.39, 0.29) is 6.10 Å². The van der Waals surface area contributed by atoms with Gasteiger partial charge in [0.25, 0.3) is 0 Å². The molecule has 0 radical (unpaired) electrons. The highest BCUT2D eigenvalue weighted by Gasteiger charge is 2.30. The van der Waals surface area contributed by atoms with Crippen molar-refractivity contribution in [2.75, 3.05) is 13.6 Å². The number of benzene rings is 1. The van der Waals surface area contributed by atoms with Crippen LogP contribution in [0.3, 0.4) is 0 Å². The van der Waals surface area contributed by atoms with Crippen LogP contribution in [0.2, 0.25) is 0 Å². The number of aryl methyl sites for hydroxylation is 1. The molecule has 18 heavy (non-hydrogen) atoms. The standard InChI is InChI=1S/C16H25NO/c1-12-6-4-5-7-15(12)16(18)10-11-17(3)13(2)14-8-9-14/h4-7,13-14,16,18H,8-11H2,1-3H3. The molecular weight excluding hydrogens is 222 g/mol. The molecule has 1 fully saturated rings. The zero-order valence-electron chi connectivity index (χ0n) is 11.8. The normalized spacial score (nSPS) is 18.9. The lowest BCUT2D eigenvalue weighted by Gasteiger charge is -2.26. The average Bonchev–Trinajstić information content (AvgIpc) is 3.19. The van der Waals surface area contributed by atoms with Gasteiger partial charge in [0.1, 0.15) is 0 Å². The lowest BCUT2D eigenvalue weighted by molar-refractivity contribution is 0.134. The van der Waals surface area contributed by atoms with E-state index in [9.17, 15) is 5.11 Å². The maximum absolute atomic E-state index is 10.3. The Labute approximate surface area is 111 Å². The van der Waals surface area contributed by atoms with Crippen molar-refractivity contribution in [2.24, 2.45) is 5.92 Å². The van der Waals surface area contributed by atoms with Crippen LogP contribution in [0, 0.1) is 12.8 Å². The molecule has 1 N–H and O–H groups in total. The molecule has 0 spiro atoms. The Hall–Kier alpha value is -0.860.